The number of carbonyl (C=O) groups excluding carboxylic acids is 1. The Bertz CT molecular complexity index is 620. The molecule has 128 valence electrons. The van der Waals surface area contributed by atoms with Gasteiger partial charge in [-0.3, -0.25) is 9.69 Å². The number of hydrogen-bond donors (Lipinski definition) is 1. The summed E-state index contributed by atoms with van der Waals surface area (Å²) in [6.45, 7) is 2.23. The van der Waals surface area contributed by atoms with Crippen molar-refractivity contribution in [3.8, 4) is 5.75 Å². The minimum atomic E-state index is -0.00764. The first-order valence-electron chi connectivity index (χ1n) is 9.14. The summed E-state index contributed by atoms with van der Waals surface area (Å²) < 4.78 is 6.17. The maximum absolute atomic E-state index is 11.2. The molecule has 1 aliphatic carbocycles. The van der Waals surface area contributed by atoms with Gasteiger partial charge in [0.15, 0.2) is 0 Å². The van der Waals surface area contributed by atoms with Gasteiger partial charge in [0.2, 0.25) is 5.91 Å². The number of hydrazone groups is 1. The lowest BCUT2D eigenvalue weighted by molar-refractivity contribution is -0.121. The molecule has 1 unspecified atom stereocenters. The first-order chi connectivity index (χ1) is 11.8. The number of amides is 1. The molecular weight excluding hydrogens is 302 g/mol. The molecule has 2 aliphatic heterocycles. The zero-order chi connectivity index (χ0) is 16.4. The van der Waals surface area contributed by atoms with Crippen LogP contribution in [0.25, 0.3) is 0 Å². The van der Waals surface area contributed by atoms with Crippen LogP contribution in [-0.4, -0.2) is 41.8 Å². The van der Waals surface area contributed by atoms with Crippen molar-refractivity contribution in [2.24, 2.45) is 5.10 Å². The van der Waals surface area contributed by atoms with Crippen molar-refractivity contribution in [1.29, 1.82) is 0 Å². The topological polar surface area (TPSA) is 53.9 Å². The van der Waals surface area contributed by atoms with Crippen molar-refractivity contribution in [2.75, 3.05) is 13.1 Å². The van der Waals surface area contributed by atoms with E-state index in [2.05, 4.69) is 15.4 Å². The molecule has 5 nitrogen and oxygen atoms in total. The number of nitrogens with one attached hydrogen (secondary N) is 1. The van der Waals surface area contributed by atoms with E-state index in [4.69, 9.17) is 4.74 Å². The highest BCUT2D eigenvalue weighted by Crippen LogP contribution is 2.28. The first kappa shape index (κ1) is 15.6. The molecule has 0 bridgehead atoms. The number of carbonyl (C=O) groups is 1. The Morgan fingerprint density at radius 2 is 1.88 bits per heavy atom. The molecule has 1 saturated heterocycles. The lowest BCUT2D eigenvalue weighted by atomic mass is 10.0. The maximum Gasteiger partial charge on any atom is 0.240 e. The third kappa shape index (κ3) is 3.46. The minimum absolute atomic E-state index is 0.00764. The van der Waals surface area contributed by atoms with Gasteiger partial charge in [0, 0.05) is 32.0 Å². The molecule has 0 spiro atoms. The van der Waals surface area contributed by atoms with Crippen molar-refractivity contribution in [3.63, 3.8) is 0 Å². The molecule has 3 aliphatic rings. The van der Waals surface area contributed by atoms with Gasteiger partial charge in [-0.05, 0) is 49.1 Å². The largest absolute Gasteiger partial charge is 0.489 e. The molecule has 24 heavy (non-hydrogen) atoms. The van der Waals surface area contributed by atoms with E-state index < -0.39 is 0 Å². The fourth-order valence-electron chi connectivity index (χ4n) is 4.05. The molecule has 1 saturated carbocycles. The summed E-state index contributed by atoms with van der Waals surface area (Å²) in [6.07, 6.45) is 8.14. The van der Waals surface area contributed by atoms with Crippen LogP contribution >= 0.6 is 0 Å². The van der Waals surface area contributed by atoms with E-state index >= 15 is 0 Å². The zero-order valence-electron chi connectivity index (χ0n) is 14.0. The van der Waals surface area contributed by atoms with Gasteiger partial charge in [0.25, 0.3) is 0 Å². The minimum Gasteiger partial charge on any atom is -0.489 e. The molecule has 1 amide bonds. The van der Waals surface area contributed by atoms with Gasteiger partial charge in [-0.1, -0.05) is 12.8 Å². The van der Waals surface area contributed by atoms with Crippen LogP contribution in [0.4, 0.5) is 0 Å². The van der Waals surface area contributed by atoms with E-state index in [1.807, 2.05) is 24.3 Å². The van der Waals surface area contributed by atoms with Crippen LogP contribution in [0.2, 0.25) is 0 Å². The van der Waals surface area contributed by atoms with E-state index in [0.29, 0.717) is 18.9 Å². The van der Waals surface area contributed by atoms with Crippen molar-refractivity contribution in [2.45, 2.75) is 57.1 Å². The van der Waals surface area contributed by atoms with Crippen LogP contribution in [0.15, 0.2) is 29.4 Å². The summed E-state index contributed by atoms with van der Waals surface area (Å²) in [5.74, 6) is 0.921. The molecule has 0 radical (unpaired) electrons. The van der Waals surface area contributed by atoms with Crippen molar-refractivity contribution < 1.29 is 9.53 Å². The SMILES string of the molecule is O=C1CCC(c2ccc(OC3CCN(C4CCCC4)C3)cc2)=NN1. The van der Waals surface area contributed by atoms with Gasteiger partial charge in [0.1, 0.15) is 11.9 Å². The highest BCUT2D eigenvalue weighted by atomic mass is 16.5. The van der Waals surface area contributed by atoms with E-state index in [1.165, 1.54) is 32.2 Å². The Kier molecular flexibility index (Phi) is 4.52. The Morgan fingerprint density at radius 3 is 2.58 bits per heavy atom. The molecule has 1 aromatic carbocycles. The molecule has 2 heterocycles. The Labute approximate surface area is 143 Å². The van der Waals surface area contributed by atoms with Gasteiger partial charge in [-0.25, -0.2) is 5.43 Å². The number of benzene rings is 1. The number of ether oxygens (including phenoxy) is 1. The average molecular weight is 327 g/mol. The maximum atomic E-state index is 11.2. The van der Waals surface area contributed by atoms with E-state index in [0.717, 1.165) is 36.0 Å². The van der Waals surface area contributed by atoms with Crippen LogP contribution < -0.4 is 10.2 Å². The van der Waals surface area contributed by atoms with Crippen LogP contribution in [0.3, 0.4) is 0 Å². The molecule has 4 rings (SSSR count). The summed E-state index contributed by atoms with van der Waals surface area (Å²) >= 11 is 0. The molecule has 1 N–H and O–H groups in total. The van der Waals surface area contributed by atoms with Crippen molar-refractivity contribution in [1.82, 2.24) is 10.3 Å². The summed E-state index contributed by atoms with van der Waals surface area (Å²) in [4.78, 5) is 13.8. The summed E-state index contributed by atoms with van der Waals surface area (Å²) in [7, 11) is 0. The second kappa shape index (κ2) is 6.93. The third-order valence-electron chi connectivity index (χ3n) is 5.41. The third-order valence-corrected chi connectivity index (χ3v) is 5.41. The molecule has 1 aromatic rings. The normalized spacial score (nSPS) is 25.6. The Hall–Kier alpha value is -1.88. The fourth-order valence-corrected chi connectivity index (χ4v) is 4.05. The van der Waals surface area contributed by atoms with E-state index in [-0.39, 0.29) is 5.91 Å². The van der Waals surface area contributed by atoms with E-state index in [1.54, 1.807) is 0 Å². The molecule has 2 fully saturated rings. The van der Waals surface area contributed by atoms with Gasteiger partial charge in [-0.15, -0.1) is 0 Å². The zero-order valence-corrected chi connectivity index (χ0v) is 14.0. The molecular formula is C19H25N3O2. The van der Waals surface area contributed by atoms with Crippen LogP contribution in [0.1, 0.15) is 50.5 Å². The van der Waals surface area contributed by atoms with Gasteiger partial charge in [0.05, 0.1) is 5.71 Å². The second-order valence-electron chi connectivity index (χ2n) is 7.08. The smallest absolute Gasteiger partial charge is 0.240 e. The Balaban J connectivity index is 1.33. The van der Waals surface area contributed by atoms with Crippen LogP contribution in [-0.2, 0) is 4.79 Å². The summed E-state index contributed by atoms with van der Waals surface area (Å²) in [5.41, 5.74) is 4.54. The molecule has 1 atom stereocenters. The molecule has 5 heteroatoms. The van der Waals surface area contributed by atoms with Crippen LogP contribution in [0, 0.1) is 0 Å². The van der Waals surface area contributed by atoms with Gasteiger partial charge in [-0.2, -0.15) is 5.10 Å². The number of likely N-dealkylation sites (tertiary alicyclic amines) is 1. The second-order valence-corrected chi connectivity index (χ2v) is 7.08. The first-order valence-corrected chi connectivity index (χ1v) is 9.14. The number of hydrogen-bond acceptors (Lipinski definition) is 4. The quantitative estimate of drug-likeness (QED) is 0.925. The fraction of sp³-hybridized carbons (Fsp3) is 0.579. The van der Waals surface area contributed by atoms with Crippen LogP contribution in [0.5, 0.6) is 5.75 Å². The highest BCUT2D eigenvalue weighted by molar-refractivity contribution is 6.04. The van der Waals surface area contributed by atoms with E-state index in [9.17, 15) is 4.79 Å². The number of nitrogens with zero attached hydrogens (tertiary/aromatic N) is 2. The summed E-state index contributed by atoms with van der Waals surface area (Å²) in [6, 6.07) is 8.91. The highest BCUT2D eigenvalue weighted by Gasteiger charge is 2.30. The lowest BCUT2D eigenvalue weighted by Gasteiger charge is -2.23. The van der Waals surface area contributed by atoms with Crippen molar-refractivity contribution >= 4 is 11.6 Å². The number of rotatable bonds is 4. The molecule has 0 aromatic heterocycles. The predicted molar refractivity (Wildman–Crippen MR) is 93.2 cm³/mol. The van der Waals surface area contributed by atoms with Gasteiger partial charge < -0.3 is 4.74 Å². The Morgan fingerprint density at radius 1 is 1.08 bits per heavy atom. The average Bonchev–Trinajstić information content (AvgIpc) is 3.28. The summed E-state index contributed by atoms with van der Waals surface area (Å²) in [5, 5.41) is 4.14. The lowest BCUT2D eigenvalue weighted by Crippen LogP contribution is -2.32. The van der Waals surface area contributed by atoms with Crippen molar-refractivity contribution in [3.05, 3.63) is 29.8 Å². The standard InChI is InChI=1S/C19H25N3O2/c23-19-10-9-18(20-21-19)14-5-7-16(8-6-14)24-17-11-12-22(13-17)15-3-1-2-4-15/h5-8,15,17H,1-4,9-13H2,(H,21,23). The monoisotopic (exact) mass is 327 g/mol. The van der Waals surface area contributed by atoms with Gasteiger partial charge >= 0.3 is 0 Å². The predicted octanol–water partition coefficient (Wildman–Crippen LogP) is 2.70.